The summed E-state index contributed by atoms with van der Waals surface area (Å²) in [7, 11) is 0. The molecule has 0 aromatic heterocycles. The van der Waals surface area contributed by atoms with Crippen LogP contribution in [0.5, 0.6) is 0 Å². The van der Waals surface area contributed by atoms with Gasteiger partial charge in [-0.05, 0) is 49.4 Å². The normalized spacial score (nSPS) is 13.9. The van der Waals surface area contributed by atoms with Crippen LogP contribution < -0.4 is 5.32 Å². The van der Waals surface area contributed by atoms with Gasteiger partial charge < -0.3 is 5.32 Å². The number of hydrogen-bond donors (Lipinski definition) is 1. The Hall–Kier alpha value is -2.20. The summed E-state index contributed by atoms with van der Waals surface area (Å²) in [5.41, 5.74) is 3.53. The first-order chi connectivity index (χ1) is 12.1. The number of carbonyl (C=O) groups excluding carboxylic acids is 1. The minimum absolute atomic E-state index is 0.0566. The third-order valence-corrected chi connectivity index (χ3v) is 4.57. The molecule has 1 fully saturated rings. The Morgan fingerprint density at radius 1 is 1.08 bits per heavy atom. The van der Waals surface area contributed by atoms with Crippen molar-refractivity contribution < 1.29 is 9.18 Å². The van der Waals surface area contributed by atoms with E-state index in [9.17, 15) is 9.18 Å². The highest BCUT2D eigenvalue weighted by molar-refractivity contribution is 5.78. The van der Waals surface area contributed by atoms with Crippen molar-refractivity contribution in [2.45, 2.75) is 38.8 Å². The summed E-state index contributed by atoms with van der Waals surface area (Å²) in [5.74, 6) is -0.176. The van der Waals surface area contributed by atoms with Gasteiger partial charge >= 0.3 is 0 Å². The predicted molar refractivity (Wildman–Crippen MR) is 97.7 cm³/mol. The lowest BCUT2D eigenvalue weighted by Crippen LogP contribution is -2.38. The molecule has 4 heteroatoms. The Balaban J connectivity index is 1.46. The maximum Gasteiger partial charge on any atom is 0.234 e. The van der Waals surface area contributed by atoms with Crippen molar-refractivity contribution in [3.05, 3.63) is 71.0 Å². The highest BCUT2D eigenvalue weighted by Crippen LogP contribution is 2.28. The number of aryl methyl sites for hydroxylation is 1. The number of amides is 1. The zero-order valence-electron chi connectivity index (χ0n) is 14.7. The van der Waals surface area contributed by atoms with Crippen LogP contribution in [-0.4, -0.2) is 29.9 Å². The number of halogens is 1. The molecule has 1 amide bonds. The van der Waals surface area contributed by atoms with Crippen LogP contribution in [0.2, 0.25) is 0 Å². The number of nitrogens with one attached hydrogen (secondary N) is 1. The van der Waals surface area contributed by atoms with Gasteiger partial charge in [-0.2, -0.15) is 0 Å². The van der Waals surface area contributed by atoms with Crippen molar-refractivity contribution >= 4 is 5.91 Å². The molecule has 2 aromatic rings. The molecule has 1 aliphatic carbocycles. The molecule has 0 bridgehead atoms. The van der Waals surface area contributed by atoms with E-state index in [1.54, 1.807) is 12.1 Å². The molecular formula is C21H25FN2O. The molecule has 3 rings (SSSR count). The molecule has 1 aliphatic rings. The molecular weight excluding hydrogens is 315 g/mol. The van der Waals surface area contributed by atoms with Crippen LogP contribution in [0.4, 0.5) is 4.39 Å². The summed E-state index contributed by atoms with van der Waals surface area (Å²) in [5, 5.41) is 2.98. The Morgan fingerprint density at radius 3 is 2.36 bits per heavy atom. The van der Waals surface area contributed by atoms with Crippen molar-refractivity contribution in [1.29, 1.82) is 0 Å². The number of carbonyl (C=O) groups is 1. The van der Waals surface area contributed by atoms with E-state index in [1.807, 2.05) is 0 Å². The first kappa shape index (κ1) is 17.6. The van der Waals surface area contributed by atoms with E-state index in [-0.39, 0.29) is 11.7 Å². The standard InChI is InChI=1S/C21H25FN2O/c1-16-2-4-18(5-3-16)14-24(20-10-11-20)15-21(25)23-13-12-17-6-8-19(22)9-7-17/h2-9,20H,10-15H2,1H3,(H,23,25). The van der Waals surface area contributed by atoms with E-state index in [0.717, 1.165) is 12.1 Å². The summed E-state index contributed by atoms with van der Waals surface area (Å²) in [6.45, 7) is 3.91. The van der Waals surface area contributed by atoms with Gasteiger partial charge in [-0.3, -0.25) is 9.69 Å². The average molecular weight is 340 g/mol. The van der Waals surface area contributed by atoms with Crippen molar-refractivity contribution in [2.75, 3.05) is 13.1 Å². The number of benzene rings is 2. The van der Waals surface area contributed by atoms with Gasteiger partial charge in [-0.15, -0.1) is 0 Å². The number of hydrogen-bond acceptors (Lipinski definition) is 2. The Morgan fingerprint density at radius 2 is 1.72 bits per heavy atom. The average Bonchev–Trinajstić information content (AvgIpc) is 3.43. The molecule has 1 saturated carbocycles. The van der Waals surface area contributed by atoms with Crippen molar-refractivity contribution in [2.24, 2.45) is 0 Å². The number of rotatable bonds is 8. The Bertz CT molecular complexity index is 693. The number of nitrogens with zero attached hydrogens (tertiary/aromatic N) is 1. The van der Waals surface area contributed by atoms with Crippen molar-refractivity contribution in [1.82, 2.24) is 10.2 Å². The summed E-state index contributed by atoms with van der Waals surface area (Å²) in [6.07, 6.45) is 3.07. The highest BCUT2D eigenvalue weighted by atomic mass is 19.1. The van der Waals surface area contributed by atoms with Gasteiger partial charge in [0.05, 0.1) is 6.54 Å². The molecule has 3 nitrogen and oxygen atoms in total. The van der Waals surface area contributed by atoms with Gasteiger partial charge in [0, 0.05) is 19.1 Å². The summed E-state index contributed by atoms with van der Waals surface area (Å²) in [6, 6.07) is 15.5. The lowest BCUT2D eigenvalue weighted by atomic mass is 10.1. The third-order valence-electron chi connectivity index (χ3n) is 4.57. The first-order valence-electron chi connectivity index (χ1n) is 8.91. The van der Waals surface area contributed by atoms with Crippen LogP contribution in [-0.2, 0) is 17.8 Å². The molecule has 25 heavy (non-hydrogen) atoms. The molecule has 0 heterocycles. The van der Waals surface area contributed by atoms with E-state index < -0.39 is 0 Å². The van der Waals surface area contributed by atoms with Crippen molar-refractivity contribution in [3.63, 3.8) is 0 Å². The fourth-order valence-corrected chi connectivity index (χ4v) is 2.92. The largest absolute Gasteiger partial charge is 0.355 e. The van der Waals surface area contributed by atoms with Crippen LogP contribution in [0.15, 0.2) is 48.5 Å². The zero-order valence-corrected chi connectivity index (χ0v) is 14.7. The molecule has 2 aromatic carbocycles. The van der Waals surface area contributed by atoms with Gasteiger partial charge in [0.1, 0.15) is 5.82 Å². The van der Waals surface area contributed by atoms with E-state index in [2.05, 4.69) is 41.4 Å². The SMILES string of the molecule is Cc1ccc(CN(CC(=O)NCCc2ccc(F)cc2)C2CC2)cc1. The first-order valence-corrected chi connectivity index (χ1v) is 8.91. The molecule has 0 atom stereocenters. The summed E-state index contributed by atoms with van der Waals surface area (Å²) in [4.78, 5) is 14.5. The smallest absolute Gasteiger partial charge is 0.234 e. The second kappa shape index (κ2) is 8.26. The van der Waals surface area contributed by atoms with Crippen LogP contribution in [0.25, 0.3) is 0 Å². The lowest BCUT2D eigenvalue weighted by molar-refractivity contribution is -0.122. The Kier molecular flexibility index (Phi) is 5.82. The zero-order chi connectivity index (χ0) is 17.6. The van der Waals surface area contributed by atoms with Crippen LogP contribution in [0.1, 0.15) is 29.5 Å². The van der Waals surface area contributed by atoms with Gasteiger partial charge in [0.25, 0.3) is 0 Å². The van der Waals surface area contributed by atoms with Gasteiger partial charge in [-0.25, -0.2) is 4.39 Å². The topological polar surface area (TPSA) is 32.3 Å². The molecule has 0 saturated heterocycles. The van der Waals surface area contributed by atoms with Gasteiger partial charge in [-0.1, -0.05) is 42.0 Å². The van der Waals surface area contributed by atoms with E-state index in [4.69, 9.17) is 0 Å². The molecule has 132 valence electrons. The Labute approximate surface area is 148 Å². The van der Waals surface area contributed by atoms with Gasteiger partial charge in [0.15, 0.2) is 0 Å². The lowest BCUT2D eigenvalue weighted by Gasteiger charge is -2.21. The maximum absolute atomic E-state index is 12.9. The fraction of sp³-hybridized carbons (Fsp3) is 0.381. The minimum Gasteiger partial charge on any atom is -0.355 e. The fourth-order valence-electron chi connectivity index (χ4n) is 2.92. The molecule has 0 spiro atoms. The van der Waals surface area contributed by atoms with Crippen molar-refractivity contribution in [3.8, 4) is 0 Å². The molecule has 0 unspecified atom stereocenters. The van der Waals surface area contributed by atoms with E-state index in [1.165, 1.54) is 36.1 Å². The van der Waals surface area contributed by atoms with Gasteiger partial charge in [0.2, 0.25) is 5.91 Å². The monoisotopic (exact) mass is 340 g/mol. The van der Waals surface area contributed by atoms with E-state index >= 15 is 0 Å². The second-order valence-electron chi connectivity index (χ2n) is 6.85. The minimum atomic E-state index is -0.232. The molecule has 1 N–H and O–H groups in total. The second-order valence-corrected chi connectivity index (χ2v) is 6.85. The van der Waals surface area contributed by atoms with E-state index in [0.29, 0.717) is 25.6 Å². The third kappa shape index (κ3) is 5.68. The summed E-state index contributed by atoms with van der Waals surface area (Å²) < 4.78 is 12.9. The van der Waals surface area contributed by atoms with Crippen LogP contribution >= 0.6 is 0 Å². The van der Waals surface area contributed by atoms with Crippen LogP contribution in [0, 0.1) is 12.7 Å². The maximum atomic E-state index is 12.9. The summed E-state index contributed by atoms with van der Waals surface area (Å²) >= 11 is 0. The van der Waals surface area contributed by atoms with Crippen LogP contribution in [0.3, 0.4) is 0 Å². The predicted octanol–water partition coefficient (Wildman–Crippen LogP) is 3.46. The molecule has 0 radical (unpaired) electrons. The quantitative estimate of drug-likeness (QED) is 0.798. The highest BCUT2D eigenvalue weighted by Gasteiger charge is 2.30. The molecule has 0 aliphatic heterocycles.